The minimum absolute atomic E-state index is 0.00361. The fraction of sp³-hybridized carbons (Fsp3) is 0.111. The molecule has 0 amide bonds. The molecule has 1 aromatic heterocycles. The molecule has 0 saturated heterocycles. The quantitative estimate of drug-likeness (QED) is 0.556. The van der Waals surface area contributed by atoms with Crippen LogP contribution in [-0.4, -0.2) is 10.8 Å². The lowest BCUT2D eigenvalue weighted by Crippen LogP contribution is -2.18. The SMILES string of the molecule is CC(=O)c1c(Nc2cc(Cl)cc(Cl)c2)[nH]c2c(C)ccc(Cl)c2c1=O. The fourth-order valence-corrected chi connectivity index (χ4v) is 3.46. The smallest absolute Gasteiger partial charge is 0.203 e. The van der Waals surface area contributed by atoms with Crippen molar-refractivity contribution >= 4 is 63.0 Å². The minimum Gasteiger partial charge on any atom is -0.341 e. The molecule has 0 bridgehead atoms. The average molecular weight is 396 g/mol. The summed E-state index contributed by atoms with van der Waals surface area (Å²) in [6.45, 7) is 3.18. The number of aromatic nitrogens is 1. The van der Waals surface area contributed by atoms with E-state index < -0.39 is 5.43 Å². The maximum Gasteiger partial charge on any atom is 0.203 e. The van der Waals surface area contributed by atoms with Crippen molar-refractivity contribution in [2.45, 2.75) is 13.8 Å². The second-order valence-electron chi connectivity index (χ2n) is 5.66. The molecule has 0 spiro atoms. The van der Waals surface area contributed by atoms with Gasteiger partial charge in [0.05, 0.1) is 15.9 Å². The lowest BCUT2D eigenvalue weighted by molar-refractivity contribution is 0.101. The van der Waals surface area contributed by atoms with Gasteiger partial charge < -0.3 is 10.3 Å². The van der Waals surface area contributed by atoms with Gasteiger partial charge in [0, 0.05) is 15.7 Å². The number of rotatable bonds is 3. The van der Waals surface area contributed by atoms with Crippen LogP contribution in [0.1, 0.15) is 22.8 Å². The van der Waals surface area contributed by atoms with Crippen molar-refractivity contribution in [1.82, 2.24) is 4.98 Å². The Bertz CT molecular complexity index is 1050. The second kappa shape index (κ2) is 6.71. The summed E-state index contributed by atoms with van der Waals surface area (Å²) in [4.78, 5) is 28.1. The molecule has 0 aliphatic carbocycles. The zero-order valence-electron chi connectivity index (χ0n) is 13.3. The minimum atomic E-state index is -0.425. The molecule has 3 rings (SSSR count). The van der Waals surface area contributed by atoms with E-state index in [0.29, 0.717) is 31.7 Å². The van der Waals surface area contributed by atoms with Gasteiger partial charge >= 0.3 is 0 Å². The van der Waals surface area contributed by atoms with E-state index in [1.165, 1.54) is 6.92 Å². The van der Waals surface area contributed by atoms with Gasteiger partial charge in [0.2, 0.25) is 5.43 Å². The number of pyridine rings is 1. The van der Waals surface area contributed by atoms with Crippen LogP contribution in [0.2, 0.25) is 15.1 Å². The van der Waals surface area contributed by atoms with Gasteiger partial charge in [-0.25, -0.2) is 0 Å². The molecule has 0 saturated carbocycles. The molecule has 4 nitrogen and oxygen atoms in total. The van der Waals surface area contributed by atoms with Crippen molar-refractivity contribution in [2.75, 3.05) is 5.32 Å². The molecular formula is C18H13Cl3N2O2. The van der Waals surface area contributed by atoms with Gasteiger partial charge in [-0.2, -0.15) is 0 Å². The van der Waals surface area contributed by atoms with Crippen molar-refractivity contribution in [3.05, 3.63) is 66.7 Å². The van der Waals surface area contributed by atoms with E-state index in [1.807, 2.05) is 6.92 Å². The summed E-state index contributed by atoms with van der Waals surface area (Å²) >= 11 is 18.2. The van der Waals surface area contributed by atoms with Gasteiger partial charge in [-0.3, -0.25) is 9.59 Å². The van der Waals surface area contributed by atoms with Gasteiger partial charge in [0.25, 0.3) is 0 Å². The number of aryl methyl sites for hydroxylation is 1. The van der Waals surface area contributed by atoms with Crippen molar-refractivity contribution in [3.63, 3.8) is 0 Å². The van der Waals surface area contributed by atoms with Gasteiger partial charge in [-0.1, -0.05) is 40.9 Å². The van der Waals surface area contributed by atoms with Crippen molar-refractivity contribution < 1.29 is 4.79 Å². The van der Waals surface area contributed by atoms with Crippen LogP contribution in [-0.2, 0) is 0 Å². The average Bonchev–Trinajstić information content (AvgIpc) is 2.49. The molecule has 0 atom stereocenters. The maximum absolute atomic E-state index is 12.9. The van der Waals surface area contributed by atoms with Crippen LogP contribution in [0.25, 0.3) is 10.9 Å². The summed E-state index contributed by atoms with van der Waals surface area (Å²) < 4.78 is 0. The summed E-state index contributed by atoms with van der Waals surface area (Å²) in [6, 6.07) is 8.32. The number of halogens is 3. The van der Waals surface area contributed by atoms with Gasteiger partial charge in [0.1, 0.15) is 11.4 Å². The first-order chi connectivity index (χ1) is 11.8. The largest absolute Gasteiger partial charge is 0.341 e. The van der Waals surface area contributed by atoms with Crippen LogP contribution >= 0.6 is 34.8 Å². The van der Waals surface area contributed by atoms with Crippen LogP contribution in [0.5, 0.6) is 0 Å². The number of carbonyl (C=O) groups excluding carboxylic acids is 1. The normalized spacial score (nSPS) is 10.9. The summed E-state index contributed by atoms with van der Waals surface area (Å²) in [5.41, 5.74) is 1.52. The Balaban J connectivity index is 2.30. The molecular weight excluding hydrogens is 383 g/mol. The van der Waals surface area contributed by atoms with Crippen LogP contribution in [0, 0.1) is 6.92 Å². The standard InChI is InChI=1S/C18H13Cl3N2O2/c1-8-3-4-13(21)15-16(8)23-18(14(9(2)24)17(15)25)22-12-6-10(19)5-11(20)7-12/h3-7H,1-2H3,(H2,22,23,25). The Morgan fingerprint density at radius 1 is 1.08 bits per heavy atom. The molecule has 0 fully saturated rings. The Morgan fingerprint density at radius 3 is 2.32 bits per heavy atom. The molecule has 128 valence electrons. The zero-order valence-corrected chi connectivity index (χ0v) is 15.6. The Morgan fingerprint density at radius 2 is 1.72 bits per heavy atom. The zero-order chi connectivity index (χ0) is 18.3. The molecule has 0 aliphatic heterocycles. The lowest BCUT2D eigenvalue weighted by Gasteiger charge is -2.14. The molecule has 25 heavy (non-hydrogen) atoms. The number of aromatic amines is 1. The third kappa shape index (κ3) is 3.38. The number of H-pyrrole nitrogens is 1. The van der Waals surface area contributed by atoms with Crippen LogP contribution < -0.4 is 10.7 Å². The predicted molar refractivity (Wildman–Crippen MR) is 104 cm³/mol. The number of Topliss-reactive ketones (excluding diaryl/α,β-unsaturated/α-hetero) is 1. The van der Waals surface area contributed by atoms with Gasteiger partial charge in [-0.15, -0.1) is 0 Å². The number of hydrogen-bond acceptors (Lipinski definition) is 3. The maximum atomic E-state index is 12.9. The van der Waals surface area contributed by atoms with Crippen LogP contribution in [0.3, 0.4) is 0 Å². The molecule has 0 unspecified atom stereocenters. The van der Waals surface area contributed by atoms with E-state index in [1.54, 1.807) is 30.3 Å². The molecule has 7 heteroatoms. The van der Waals surface area contributed by atoms with E-state index in [0.717, 1.165) is 5.56 Å². The number of anilines is 2. The van der Waals surface area contributed by atoms with Crippen molar-refractivity contribution in [3.8, 4) is 0 Å². The molecule has 0 radical (unpaired) electrons. The monoisotopic (exact) mass is 394 g/mol. The fourth-order valence-electron chi connectivity index (χ4n) is 2.69. The summed E-state index contributed by atoms with van der Waals surface area (Å²) in [6.07, 6.45) is 0. The number of hydrogen-bond donors (Lipinski definition) is 2. The summed E-state index contributed by atoms with van der Waals surface area (Å²) in [5.74, 6) is -0.106. The predicted octanol–water partition coefficient (Wildman–Crippen LogP) is 5.74. The molecule has 0 aliphatic rings. The van der Waals surface area contributed by atoms with E-state index >= 15 is 0 Å². The number of fused-ring (bicyclic) bond motifs is 1. The third-order valence-corrected chi connectivity index (χ3v) is 4.55. The highest BCUT2D eigenvalue weighted by atomic mass is 35.5. The lowest BCUT2D eigenvalue weighted by atomic mass is 10.1. The summed E-state index contributed by atoms with van der Waals surface area (Å²) in [5, 5.41) is 4.48. The van der Waals surface area contributed by atoms with Crippen LogP contribution in [0.4, 0.5) is 11.5 Å². The highest BCUT2D eigenvalue weighted by Crippen LogP contribution is 2.29. The first kappa shape index (κ1) is 17.8. The summed E-state index contributed by atoms with van der Waals surface area (Å²) in [7, 11) is 0. The first-order valence-electron chi connectivity index (χ1n) is 7.37. The number of benzene rings is 2. The highest BCUT2D eigenvalue weighted by molar-refractivity contribution is 6.36. The van der Waals surface area contributed by atoms with Crippen molar-refractivity contribution in [2.24, 2.45) is 0 Å². The highest BCUT2D eigenvalue weighted by Gasteiger charge is 2.19. The Kier molecular flexibility index (Phi) is 4.78. The van der Waals surface area contributed by atoms with E-state index in [-0.39, 0.29) is 17.2 Å². The van der Waals surface area contributed by atoms with Crippen LogP contribution in [0.15, 0.2) is 35.1 Å². The Labute approximate surface area is 158 Å². The Hall–Kier alpha value is -2.01. The van der Waals surface area contributed by atoms with Gasteiger partial charge in [-0.05, 0) is 43.7 Å². The molecule has 2 N–H and O–H groups in total. The molecule has 1 heterocycles. The number of nitrogens with one attached hydrogen (secondary N) is 2. The third-order valence-electron chi connectivity index (χ3n) is 3.80. The van der Waals surface area contributed by atoms with Crippen molar-refractivity contribution in [1.29, 1.82) is 0 Å². The second-order valence-corrected chi connectivity index (χ2v) is 6.94. The van der Waals surface area contributed by atoms with E-state index in [9.17, 15) is 9.59 Å². The van der Waals surface area contributed by atoms with E-state index in [4.69, 9.17) is 34.8 Å². The first-order valence-corrected chi connectivity index (χ1v) is 8.50. The number of carbonyl (C=O) groups is 1. The molecule has 3 aromatic rings. The van der Waals surface area contributed by atoms with Gasteiger partial charge in [0.15, 0.2) is 5.78 Å². The molecule has 2 aromatic carbocycles. The topological polar surface area (TPSA) is 62.0 Å². The number of ketones is 1. The van der Waals surface area contributed by atoms with E-state index in [2.05, 4.69) is 10.3 Å².